The van der Waals surface area contributed by atoms with Crippen LogP contribution in [0.4, 0.5) is 15.8 Å². The number of halogens is 1. The van der Waals surface area contributed by atoms with Crippen molar-refractivity contribution in [2.45, 2.75) is 51.1 Å². The molecule has 1 unspecified atom stereocenters. The van der Waals surface area contributed by atoms with Crippen LogP contribution in [0.15, 0.2) is 47.3 Å². The minimum atomic E-state index is -4.34. The summed E-state index contributed by atoms with van der Waals surface area (Å²) in [5.41, 5.74) is 1.86. The van der Waals surface area contributed by atoms with Crippen LogP contribution in [0, 0.1) is 5.82 Å². The molecule has 0 bridgehead atoms. The molecular weight excluding hydrogens is 673 g/mol. The number of hydrogen-bond acceptors (Lipinski definition) is 9. The first kappa shape index (κ1) is 33.2. The Bertz CT molecular complexity index is 2280. The number of phenolic OH excluding ortho intramolecular Hbond substituents is 1. The Balaban J connectivity index is 1.00. The molecule has 0 spiro atoms. The van der Waals surface area contributed by atoms with Crippen LogP contribution in [0.1, 0.15) is 50.1 Å². The predicted octanol–water partition coefficient (Wildman–Crippen LogP) is 1.80. The van der Waals surface area contributed by atoms with Crippen LogP contribution < -0.4 is 25.4 Å². The number of aromatic hydroxyl groups is 1. The van der Waals surface area contributed by atoms with Gasteiger partial charge in [-0.2, -0.15) is 8.42 Å². The van der Waals surface area contributed by atoms with E-state index < -0.39 is 51.9 Å². The molecule has 3 aliphatic heterocycles. The van der Waals surface area contributed by atoms with E-state index in [1.807, 2.05) is 30.0 Å². The molecule has 3 saturated heterocycles. The quantitative estimate of drug-likeness (QED) is 0.208. The number of imidazole rings is 1. The molecule has 4 aromatic rings. The molecule has 4 heterocycles. The maximum absolute atomic E-state index is 15.4. The van der Waals surface area contributed by atoms with Gasteiger partial charge in [0.1, 0.15) is 24.0 Å². The molecule has 0 radical (unpaired) electrons. The van der Waals surface area contributed by atoms with E-state index in [2.05, 4.69) is 10.6 Å². The molecule has 7 rings (SSSR count). The van der Waals surface area contributed by atoms with E-state index in [0.29, 0.717) is 35.1 Å². The lowest BCUT2D eigenvalue weighted by Gasteiger charge is -2.31. The Morgan fingerprint density at radius 2 is 1.76 bits per heavy atom. The standard InChI is InChI=1S/C33H34FN7O8S/c1-2-39-25-14-19(3-6-23(25)41(33(39)47)24-7-8-27(43)36-32(24)46)18-9-11-38(12-10-18)16-28(44)35-21-4-5-22-20(13-21)15-26(42)31(30(22)34)40-17-29(45)37-50(40,48)49/h3-6,13-15,18,24,42H,2,7-12,16-17H2,1H3,(H,35,44)(H,37,45)(H,36,43,46). The van der Waals surface area contributed by atoms with Gasteiger partial charge >= 0.3 is 15.9 Å². The highest BCUT2D eigenvalue weighted by Crippen LogP contribution is 2.39. The summed E-state index contributed by atoms with van der Waals surface area (Å²) >= 11 is 0. The first-order valence-corrected chi connectivity index (χ1v) is 17.7. The van der Waals surface area contributed by atoms with Crippen LogP contribution in [0.5, 0.6) is 5.75 Å². The zero-order valence-corrected chi connectivity index (χ0v) is 27.8. The second-order valence-corrected chi connectivity index (χ2v) is 14.3. The number of benzene rings is 3. The minimum Gasteiger partial charge on any atom is -0.506 e. The summed E-state index contributed by atoms with van der Waals surface area (Å²) in [5, 5.41) is 15.8. The summed E-state index contributed by atoms with van der Waals surface area (Å²) in [6, 6.07) is 10.6. The van der Waals surface area contributed by atoms with E-state index >= 15 is 4.39 Å². The number of amides is 4. The fourth-order valence-corrected chi connectivity index (χ4v) is 8.38. The Labute approximate surface area is 284 Å². The Kier molecular flexibility index (Phi) is 8.34. The Morgan fingerprint density at radius 3 is 2.44 bits per heavy atom. The fourth-order valence-electron chi connectivity index (χ4n) is 7.21. The van der Waals surface area contributed by atoms with Crippen LogP contribution in [-0.4, -0.2) is 77.4 Å². The van der Waals surface area contributed by atoms with Gasteiger partial charge < -0.3 is 10.4 Å². The van der Waals surface area contributed by atoms with Gasteiger partial charge in [-0.1, -0.05) is 6.07 Å². The molecule has 0 saturated carbocycles. The lowest BCUT2D eigenvalue weighted by molar-refractivity contribution is -0.135. The van der Waals surface area contributed by atoms with Gasteiger partial charge in [0, 0.05) is 24.0 Å². The number of nitrogens with one attached hydrogen (secondary N) is 3. The number of aryl methyl sites for hydroxylation is 1. The first-order chi connectivity index (χ1) is 23.8. The second-order valence-electron chi connectivity index (χ2n) is 12.7. The van der Waals surface area contributed by atoms with Gasteiger partial charge in [0.05, 0.1) is 17.6 Å². The van der Waals surface area contributed by atoms with Crippen molar-refractivity contribution in [3.8, 4) is 5.75 Å². The SMILES string of the molecule is CCn1c(=O)n(C2CCC(=O)NC2=O)c2ccc(C3CCN(CC(=O)Nc4ccc5c(F)c(N6CC(=O)NS6(=O)=O)c(O)cc5c4)CC3)cc21. The number of carbonyl (C=O) groups is 4. The highest BCUT2D eigenvalue weighted by Gasteiger charge is 2.38. The van der Waals surface area contributed by atoms with Crippen LogP contribution in [0.3, 0.4) is 0 Å². The molecule has 4 N–H and O–H groups in total. The molecule has 0 aliphatic carbocycles. The molecular formula is C33H34FN7O8S. The lowest BCUT2D eigenvalue weighted by Crippen LogP contribution is -2.44. The van der Waals surface area contributed by atoms with Crippen molar-refractivity contribution >= 4 is 67.0 Å². The molecule has 1 aromatic heterocycles. The summed E-state index contributed by atoms with van der Waals surface area (Å²) in [6.07, 6.45) is 1.98. The van der Waals surface area contributed by atoms with Crippen molar-refractivity contribution in [1.29, 1.82) is 0 Å². The number of fused-ring (bicyclic) bond motifs is 2. The molecule has 15 nitrogen and oxygen atoms in total. The largest absolute Gasteiger partial charge is 0.506 e. The molecule has 3 aliphatic rings. The number of piperidine rings is 2. The van der Waals surface area contributed by atoms with E-state index in [4.69, 9.17) is 0 Å². The topological polar surface area (TPSA) is 192 Å². The van der Waals surface area contributed by atoms with Crippen molar-refractivity contribution in [1.82, 2.24) is 24.1 Å². The van der Waals surface area contributed by atoms with Gasteiger partial charge in [0.2, 0.25) is 17.7 Å². The summed E-state index contributed by atoms with van der Waals surface area (Å²) in [7, 11) is -4.34. The monoisotopic (exact) mass is 707 g/mol. The maximum Gasteiger partial charge on any atom is 0.329 e. The third-order valence-electron chi connectivity index (χ3n) is 9.64. The maximum atomic E-state index is 15.4. The van der Waals surface area contributed by atoms with Gasteiger partial charge in [-0.15, -0.1) is 0 Å². The normalized spacial score (nSPS) is 20.0. The number of imide groups is 1. The van der Waals surface area contributed by atoms with Crippen molar-refractivity contribution in [3.63, 3.8) is 0 Å². The molecule has 1 atom stereocenters. The zero-order chi connectivity index (χ0) is 35.5. The highest BCUT2D eigenvalue weighted by molar-refractivity contribution is 7.92. The van der Waals surface area contributed by atoms with Crippen LogP contribution >= 0.6 is 0 Å². The van der Waals surface area contributed by atoms with E-state index in [0.717, 1.165) is 23.9 Å². The third kappa shape index (κ3) is 5.85. The van der Waals surface area contributed by atoms with Crippen LogP contribution in [-0.2, 0) is 35.9 Å². The number of aromatic nitrogens is 2. The minimum absolute atomic E-state index is 0.00548. The predicted molar refractivity (Wildman–Crippen MR) is 180 cm³/mol. The number of nitrogens with zero attached hydrogens (tertiary/aromatic N) is 4. The second kappa shape index (κ2) is 12.5. The first-order valence-electron chi connectivity index (χ1n) is 16.2. The molecule has 17 heteroatoms. The summed E-state index contributed by atoms with van der Waals surface area (Å²) in [4.78, 5) is 64.3. The summed E-state index contributed by atoms with van der Waals surface area (Å²) in [5.74, 6) is -3.47. The van der Waals surface area contributed by atoms with Gasteiger partial charge in [-0.3, -0.25) is 38.5 Å². The van der Waals surface area contributed by atoms with Crippen molar-refractivity contribution < 1.29 is 37.1 Å². The Hall–Kier alpha value is -5.29. The van der Waals surface area contributed by atoms with Crippen LogP contribution in [0.25, 0.3) is 21.8 Å². The molecule has 262 valence electrons. The molecule has 50 heavy (non-hydrogen) atoms. The van der Waals surface area contributed by atoms with E-state index in [1.165, 1.54) is 28.8 Å². The number of anilines is 2. The molecule has 3 fully saturated rings. The van der Waals surface area contributed by atoms with Crippen molar-refractivity contribution in [2.24, 2.45) is 0 Å². The number of rotatable bonds is 7. The van der Waals surface area contributed by atoms with E-state index in [9.17, 15) is 37.5 Å². The number of phenols is 1. The average molecular weight is 708 g/mol. The molecule has 3 aromatic carbocycles. The smallest absolute Gasteiger partial charge is 0.329 e. The highest BCUT2D eigenvalue weighted by atomic mass is 32.2. The third-order valence-corrected chi connectivity index (χ3v) is 11.0. The molecule has 4 amide bonds. The van der Waals surface area contributed by atoms with Gasteiger partial charge in [0.25, 0.3) is 5.91 Å². The number of carbonyl (C=O) groups excluding carboxylic acids is 4. The number of likely N-dealkylation sites (tertiary alicyclic amines) is 1. The van der Waals surface area contributed by atoms with Crippen molar-refractivity contribution in [2.75, 3.05) is 35.8 Å². The van der Waals surface area contributed by atoms with Gasteiger partial charge in [-0.05, 0) is 92.5 Å². The summed E-state index contributed by atoms with van der Waals surface area (Å²) < 4.78 is 45.2. The summed E-state index contributed by atoms with van der Waals surface area (Å²) in [6.45, 7) is 3.02. The van der Waals surface area contributed by atoms with E-state index in [1.54, 1.807) is 9.29 Å². The lowest BCUT2D eigenvalue weighted by atomic mass is 9.89. The van der Waals surface area contributed by atoms with Crippen molar-refractivity contribution in [3.05, 3.63) is 64.3 Å². The number of hydrogen-bond donors (Lipinski definition) is 4. The Morgan fingerprint density at radius 1 is 1.00 bits per heavy atom. The fraction of sp³-hybridized carbons (Fsp3) is 0.364. The van der Waals surface area contributed by atoms with Gasteiger partial charge in [-0.25, -0.2) is 18.2 Å². The zero-order valence-electron chi connectivity index (χ0n) is 26.9. The van der Waals surface area contributed by atoms with Gasteiger partial charge in [0.15, 0.2) is 5.82 Å². The van der Waals surface area contributed by atoms with Crippen LogP contribution in [0.2, 0.25) is 0 Å². The van der Waals surface area contributed by atoms with E-state index in [-0.39, 0.29) is 53.6 Å². The average Bonchev–Trinajstić information content (AvgIpc) is 3.50.